The third-order valence-electron chi connectivity index (χ3n) is 2.05. The van der Waals surface area contributed by atoms with Gasteiger partial charge in [-0.25, -0.2) is 0 Å². The molecule has 15 heavy (non-hydrogen) atoms. The van der Waals surface area contributed by atoms with Crippen LogP contribution in [0.25, 0.3) is 0 Å². The molecule has 3 amide bonds. The molecule has 1 atom stereocenters. The van der Waals surface area contributed by atoms with E-state index in [2.05, 4.69) is 16.0 Å². The molecule has 1 rings (SSSR count). The molecule has 0 spiro atoms. The van der Waals surface area contributed by atoms with Crippen molar-refractivity contribution in [1.82, 2.24) is 16.0 Å². The second-order valence-electron chi connectivity index (χ2n) is 3.40. The first-order valence-electron chi connectivity index (χ1n) is 5.00. The van der Waals surface area contributed by atoms with Crippen molar-refractivity contribution in [3.8, 4) is 0 Å². The molecule has 0 aromatic carbocycles. The molecule has 0 saturated carbocycles. The van der Waals surface area contributed by atoms with Gasteiger partial charge in [0, 0.05) is 6.42 Å². The molecular weight excluding hydrogens is 198 g/mol. The van der Waals surface area contributed by atoms with Crippen LogP contribution in [-0.2, 0) is 14.4 Å². The number of piperazine rings is 1. The van der Waals surface area contributed by atoms with Gasteiger partial charge in [-0.2, -0.15) is 0 Å². The Hall–Kier alpha value is -1.43. The van der Waals surface area contributed by atoms with Crippen molar-refractivity contribution >= 4 is 17.7 Å². The molecule has 3 N–H and O–H groups in total. The van der Waals surface area contributed by atoms with E-state index in [9.17, 15) is 14.4 Å². The van der Waals surface area contributed by atoms with Gasteiger partial charge in [0.1, 0.15) is 0 Å². The van der Waals surface area contributed by atoms with Crippen LogP contribution in [0.2, 0.25) is 0 Å². The second-order valence-corrected chi connectivity index (χ2v) is 3.40. The average Bonchev–Trinajstić information content (AvgIpc) is 2.19. The van der Waals surface area contributed by atoms with Gasteiger partial charge in [0.15, 0.2) is 6.17 Å². The summed E-state index contributed by atoms with van der Waals surface area (Å²) in [5, 5.41) is 7.28. The van der Waals surface area contributed by atoms with E-state index in [0.29, 0.717) is 6.42 Å². The van der Waals surface area contributed by atoms with Crippen molar-refractivity contribution in [2.24, 2.45) is 0 Å². The zero-order valence-corrected chi connectivity index (χ0v) is 8.63. The first-order chi connectivity index (χ1) is 7.13. The van der Waals surface area contributed by atoms with Gasteiger partial charge in [-0.15, -0.1) is 0 Å². The molecule has 6 nitrogen and oxygen atoms in total. The fourth-order valence-corrected chi connectivity index (χ4v) is 1.23. The molecule has 6 heteroatoms. The largest absolute Gasteiger partial charge is 0.332 e. The summed E-state index contributed by atoms with van der Waals surface area (Å²) >= 11 is 0. The van der Waals surface area contributed by atoms with Crippen molar-refractivity contribution < 1.29 is 14.4 Å². The van der Waals surface area contributed by atoms with E-state index in [-0.39, 0.29) is 18.4 Å². The molecule has 1 aliphatic heterocycles. The lowest BCUT2D eigenvalue weighted by atomic mass is 10.2. The topological polar surface area (TPSA) is 87.3 Å². The molecule has 1 aliphatic rings. The van der Waals surface area contributed by atoms with Crippen LogP contribution in [0.5, 0.6) is 0 Å². The number of carbonyl (C=O) groups is 3. The predicted octanol–water partition coefficient (Wildman–Crippen LogP) is -1.14. The molecule has 84 valence electrons. The van der Waals surface area contributed by atoms with Gasteiger partial charge in [0.2, 0.25) is 11.8 Å². The molecule has 0 radical (unpaired) electrons. The van der Waals surface area contributed by atoms with E-state index < -0.39 is 12.1 Å². The van der Waals surface area contributed by atoms with E-state index in [0.717, 1.165) is 12.8 Å². The van der Waals surface area contributed by atoms with Crippen LogP contribution in [0, 0.1) is 0 Å². The molecule has 0 aliphatic carbocycles. The number of imide groups is 1. The van der Waals surface area contributed by atoms with Crippen LogP contribution in [-0.4, -0.2) is 30.4 Å². The second kappa shape index (κ2) is 5.45. The third-order valence-corrected chi connectivity index (χ3v) is 2.05. The highest BCUT2D eigenvalue weighted by Gasteiger charge is 2.26. The summed E-state index contributed by atoms with van der Waals surface area (Å²) in [5.41, 5.74) is 0. The van der Waals surface area contributed by atoms with Crippen molar-refractivity contribution in [3.63, 3.8) is 0 Å². The lowest BCUT2D eigenvalue weighted by Crippen LogP contribution is -2.62. The van der Waals surface area contributed by atoms with E-state index in [1.165, 1.54) is 0 Å². The summed E-state index contributed by atoms with van der Waals surface area (Å²) in [6, 6.07) is 0. The number of nitrogens with one attached hydrogen (secondary N) is 3. The van der Waals surface area contributed by atoms with Crippen LogP contribution in [0.3, 0.4) is 0 Å². The molecule has 0 unspecified atom stereocenters. The summed E-state index contributed by atoms with van der Waals surface area (Å²) in [7, 11) is 0. The van der Waals surface area contributed by atoms with Gasteiger partial charge < -0.3 is 5.32 Å². The first kappa shape index (κ1) is 11.6. The Bertz CT molecular complexity index is 278. The highest BCUT2D eigenvalue weighted by atomic mass is 16.2. The highest BCUT2D eigenvalue weighted by molar-refractivity contribution is 6.02. The number of carbonyl (C=O) groups excluding carboxylic acids is 3. The Morgan fingerprint density at radius 2 is 2.27 bits per heavy atom. The number of unbranched alkanes of at least 4 members (excludes halogenated alkanes) is 1. The smallest absolute Gasteiger partial charge is 0.264 e. The monoisotopic (exact) mass is 213 g/mol. The van der Waals surface area contributed by atoms with Crippen molar-refractivity contribution in [3.05, 3.63) is 0 Å². The first-order valence-corrected chi connectivity index (χ1v) is 5.00. The Kier molecular flexibility index (Phi) is 4.23. The number of amides is 3. The summed E-state index contributed by atoms with van der Waals surface area (Å²) in [4.78, 5) is 33.3. The molecule has 0 bridgehead atoms. The van der Waals surface area contributed by atoms with Gasteiger partial charge in [-0.05, 0) is 6.42 Å². The minimum absolute atomic E-state index is 0.0461. The number of hydrogen-bond acceptors (Lipinski definition) is 4. The van der Waals surface area contributed by atoms with Gasteiger partial charge in [0.05, 0.1) is 6.54 Å². The maximum Gasteiger partial charge on any atom is 0.264 e. The Balaban J connectivity index is 2.34. The summed E-state index contributed by atoms with van der Waals surface area (Å²) in [6.45, 7) is 2.03. The number of hydrogen-bond donors (Lipinski definition) is 3. The standard InChI is InChI=1S/C9H15N3O3/c1-2-3-4-6(13)11-8-9(15)12-7(14)5-10-8/h8,10H,2-5H2,1H3,(H,11,13)(H,12,14,15)/t8-/m0/s1. The van der Waals surface area contributed by atoms with Crippen LogP contribution in [0.4, 0.5) is 0 Å². The van der Waals surface area contributed by atoms with Crippen molar-refractivity contribution in [2.45, 2.75) is 32.4 Å². The average molecular weight is 213 g/mol. The van der Waals surface area contributed by atoms with Crippen molar-refractivity contribution in [1.29, 1.82) is 0 Å². The van der Waals surface area contributed by atoms with Gasteiger partial charge in [0.25, 0.3) is 5.91 Å². The van der Waals surface area contributed by atoms with E-state index in [4.69, 9.17) is 0 Å². The number of rotatable bonds is 4. The van der Waals surface area contributed by atoms with Gasteiger partial charge >= 0.3 is 0 Å². The molecule has 0 aromatic heterocycles. The molecule has 0 aromatic rings. The SMILES string of the molecule is CCCCC(=O)N[C@@H]1NCC(=O)NC1=O. The van der Waals surface area contributed by atoms with Crippen LogP contribution in [0.1, 0.15) is 26.2 Å². The quantitative estimate of drug-likeness (QED) is 0.515. The van der Waals surface area contributed by atoms with Crippen LogP contribution in [0.15, 0.2) is 0 Å². The molecule has 1 saturated heterocycles. The maximum absolute atomic E-state index is 11.3. The Labute approximate surface area is 87.8 Å². The molecule has 1 heterocycles. The minimum atomic E-state index is -0.785. The van der Waals surface area contributed by atoms with Crippen molar-refractivity contribution in [2.75, 3.05) is 6.54 Å². The predicted molar refractivity (Wildman–Crippen MR) is 52.6 cm³/mol. The van der Waals surface area contributed by atoms with E-state index >= 15 is 0 Å². The summed E-state index contributed by atoms with van der Waals surface area (Å²) in [6.07, 6.45) is 1.33. The van der Waals surface area contributed by atoms with Gasteiger partial charge in [-0.3, -0.25) is 25.0 Å². The lowest BCUT2D eigenvalue weighted by molar-refractivity contribution is -0.137. The lowest BCUT2D eigenvalue weighted by Gasteiger charge is -2.23. The fourth-order valence-electron chi connectivity index (χ4n) is 1.23. The zero-order chi connectivity index (χ0) is 11.3. The van der Waals surface area contributed by atoms with Crippen LogP contribution < -0.4 is 16.0 Å². The van der Waals surface area contributed by atoms with Gasteiger partial charge in [-0.1, -0.05) is 13.3 Å². The summed E-state index contributed by atoms with van der Waals surface area (Å²) in [5.74, 6) is -1.06. The summed E-state index contributed by atoms with van der Waals surface area (Å²) < 4.78 is 0. The normalized spacial score (nSPS) is 21.0. The van der Waals surface area contributed by atoms with E-state index in [1.807, 2.05) is 6.92 Å². The molecular formula is C9H15N3O3. The maximum atomic E-state index is 11.3. The third kappa shape index (κ3) is 3.67. The molecule has 1 fully saturated rings. The van der Waals surface area contributed by atoms with E-state index in [1.54, 1.807) is 0 Å². The fraction of sp³-hybridized carbons (Fsp3) is 0.667. The Morgan fingerprint density at radius 3 is 2.87 bits per heavy atom. The zero-order valence-electron chi connectivity index (χ0n) is 8.63. The van der Waals surface area contributed by atoms with Crippen LogP contribution >= 0.6 is 0 Å². The Morgan fingerprint density at radius 1 is 1.53 bits per heavy atom. The highest BCUT2D eigenvalue weighted by Crippen LogP contribution is 1.95. The minimum Gasteiger partial charge on any atom is -0.332 e.